The molecule has 158 valence electrons. The van der Waals surface area contributed by atoms with E-state index in [1.807, 2.05) is 32.0 Å². The average molecular weight is 403 g/mol. The minimum Gasteiger partial charge on any atom is -0.490 e. The van der Waals surface area contributed by atoms with E-state index in [-0.39, 0.29) is 11.5 Å². The smallest absolute Gasteiger partial charge is 0.326 e. The number of nitrogens with zero attached hydrogens (tertiary/aromatic N) is 1. The van der Waals surface area contributed by atoms with Gasteiger partial charge in [-0.1, -0.05) is 19.9 Å². The molecule has 0 saturated heterocycles. The molecule has 0 heterocycles. The number of carboxylic acid groups (broad SMARTS) is 1. The van der Waals surface area contributed by atoms with Gasteiger partial charge in [-0.2, -0.15) is 5.26 Å². The summed E-state index contributed by atoms with van der Waals surface area (Å²) in [5.41, 5.74) is 0.824. The van der Waals surface area contributed by atoms with Crippen LogP contribution in [-0.2, 0) is 16.0 Å². The first kappa shape index (κ1) is 23.8. The average Bonchev–Trinajstić information content (AvgIpc) is 2.67. The van der Waals surface area contributed by atoms with Gasteiger partial charge in [-0.05, 0) is 43.9 Å². The number of hydrogen-bond acceptors (Lipinski definition) is 6. The van der Waals surface area contributed by atoms with Gasteiger partial charge in [0.1, 0.15) is 17.7 Å². The number of carbonyl (C=O) groups is 2. The molecule has 0 aromatic heterocycles. The summed E-state index contributed by atoms with van der Waals surface area (Å²) in [5.74, 6) is -0.802. The summed E-state index contributed by atoms with van der Waals surface area (Å²) >= 11 is 0. The zero-order chi connectivity index (χ0) is 21.8. The summed E-state index contributed by atoms with van der Waals surface area (Å²) in [6.45, 7) is 8.72. The number of carboxylic acids is 1. The highest BCUT2D eigenvalue weighted by atomic mass is 16.5. The molecule has 0 aliphatic rings. The van der Waals surface area contributed by atoms with Gasteiger partial charge in [0.15, 0.2) is 11.5 Å². The Morgan fingerprint density at radius 2 is 1.86 bits per heavy atom. The van der Waals surface area contributed by atoms with Crippen LogP contribution in [-0.4, -0.2) is 42.8 Å². The molecule has 0 spiro atoms. The van der Waals surface area contributed by atoms with Crippen molar-refractivity contribution in [3.05, 3.63) is 35.5 Å². The molecule has 1 rings (SSSR count). The van der Waals surface area contributed by atoms with E-state index < -0.39 is 17.9 Å². The van der Waals surface area contributed by atoms with E-state index in [1.54, 1.807) is 19.9 Å². The predicted molar refractivity (Wildman–Crippen MR) is 109 cm³/mol. The maximum Gasteiger partial charge on any atom is 0.326 e. The molecule has 8 heteroatoms. The van der Waals surface area contributed by atoms with E-state index in [2.05, 4.69) is 10.6 Å². The van der Waals surface area contributed by atoms with Crippen molar-refractivity contribution in [2.75, 3.05) is 19.8 Å². The second kappa shape index (κ2) is 12.3. The van der Waals surface area contributed by atoms with Crippen molar-refractivity contribution in [1.82, 2.24) is 10.6 Å². The molecule has 1 aromatic rings. The number of ether oxygens (including phenoxy) is 2. The van der Waals surface area contributed by atoms with Gasteiger partial charge in [0.2, 0.25) is 0 Å². The minimum absolute atomic E-state index is 0.182. The summed E-state index contributed by atoms with van der Waals surface area (Å²) < 4.78 is 11.1. The molecular weight excluding hydrogens is 374 g/mol. The Balaban J connectivity index is 2.69. The van der Waals surface area contributed by atoms with Crippen molar-refractivity contribution >= 4 is 11.9 Å². The Labute approximate surface area is 171 Å². The lowest BCUT2D eigenvalue weighted by atomic mass is 10.0. The molecule has 0 saturated carbocycles. The first-order valence-corrected chi connectivity index (χ1v) is 9.59. The van der Waals surface area contributed by atoms with Crippen LogP contribution in [0.3, 0.4) is 0 Å². The largest absolute Gasteiger partial charge is 0.490 e. The lowest BCUT2D eigenvalue weighted by Gasteiger charge is -2.17. The molecule has 8 nitrogen and oxygen atoms in total. The van der Waals surface area contributed by atoms with Gasteiger partial charge in [-0.25, -0.2) is 4.79 Å². The standard InChI is InChI=1S/C21H29N3O5/c1-5-28-17-8-7-15(11-18(17)29-6-2)9-10-23-13-16(12-22)20(25)24-19(14(3)4)21(26)27/h7-8,11,13-14,19,23H,5-6,9-10H2,1-4H3,(H,24,25)(H,26,27)/b16-13-. The van der Waals surface area contributed by atoms with E-state index in [0.29, 0.717) is 37.7 Å². The zero-order valence-electron chi connectivity index (χ0n) is 17.3. The SMILES string of the molecule is CCOc1ccc(CCN/C=C(/C#N)C(=O)NC(C(=O)O)C(C)C)cc1OCC. The fourth-order valence-electron chi connectivity index (χ4n) is 2.52. The van der Waals surface area contributed by atoms with Crippen LogP contribution in [0.5, 0.6) is 11.5 Å². The van der Waals surface area contributed by atoms with Gasteiger partial charge in [-0.15, -0.1) is 0 Å². The number of nitriles is 1. The van der Waals surface area contributed by atoms with Crippen molar-refractivity contribution in [2.24, 2.45) is 5.92 Å². The van der Waals surface area contributed by atoms with Crippen molar-refractivity contribution in [3.63, 3.8) is 0 Å². The molecule has 3 N–H and O–H groups in total. The number of carbonyl (C=O) groups excluding carboxylic acids is 1. The van der Waals surface area contributed by atoms with Crippen LogP contribution in [0.4, 0.5) is 0 Å². The second-order valence-corrected chi connectivity index (χ2v) is 6.55. The number of aliphatic carboxylic acids is 1. The van der Waals surface area contributed by atoms with E-state index >= 15 is 0 Å². The summed E-state index contributed by atoms with van der Waals surface area (Å²) in [5, 5.41) is 23.6. The molecule has 1 unspecified atom stereocenters. The molecule has 0 radical (unpaired) electrons. The van der Waals surface area contributed by atoms with Crippen molar-refractivity contribution in [3.8, 4) is 17.6 Å². The highest BCUT2D eigenvalue weighted by Gasteiger charge is 2.24. The fourth-order valence-corrected chi connectivity index (χ4v) is 2.52. The molecular formula is C21H29N3O5. The third-order valence-corrected chi connectivity index (χ3v) is 4.00. The van der Waals surface area contributed by atoms with Crippen LogP contribution in [0.25, 0.3) is 0 Å². The minimum atomic E-state index is -1.14. The van der Waals surface area contributed by atoms with Crippen molar-refractivity contribution in [1.29, 1.82) is 5.26 Å². The van der Waals surface area contributed by atoms with Gasteiger partial charge in [0, 0.05) is 12.7 Å². The van der Waals surface area contributed by atoms with Crippen LogP contribution in [0.1, 0.15) is 33.3 Å². The van der Waals surface area contributed by atoms with Crippen molar-refractivity contribution < 1.29 is 24.2 Å². The molecule has 29 heavy (non-hydrogen) atoms. The third kappa shape index (κ3) is 7.74. The summed E-state index contributed by atoms with van der Waals surface area (Å²) in [7, 11) is 0. The number of hydrogen-bond donors (Lipinski definition) is 3. The monoisotopic (exact) mass is 403 g/mol. The molecule has 1 aromatic carbocycles. The zero-order valence-corrected chi connectivity index (χ0v) is 17.3. The van der Waals surface area contributed by atoms with Crippen LogP contribution in [0, 0.1) is 17.2 Å². The topological polar surface area (TPSA) is 121 Å². The lowest BCUT2D eigenvalue weighted by molar-refractivity contribution is -0.142. The van der Waals surface area contributed by atoms with Crippen LogP contribution in [0.15, 0.2) is 30.0 Å². The molecule has 1 amide bonds. The quantitative estimate of drug-likeness (QED) is 0.278. The van der Waals surface area contributed by atoms with E-state index in [0.717, 1.165) is 5.56 Å². The van der Waals surface area contributed by atoms with Gasteiger partial charge >= 0.3 is 5.97 Å². The summed E-state index contributed by atoms with van der Waals surface area (Å²) in [6, 6.07) is 6.41. The Morgan fingerprint density at radius 1 is 1.21 bits per heavy atom. The Bertz CT molecular complexity index is 768. The third-order valence-electron chi connectivity index (χ3n) is 4.00. The molecule has 0 aliphatic carbocycles. The van der Waals surface area contributed by atoms with Crippen molar-refractivity contribution in [2.45, 2.75) is 40.2 Å². The Kier molecular flexibility index (Phi) is 10.1. The van der Waals surface area contributed by atoms with E-state index in [4.69, 9.17) is 14.6 Å². The number of benzene rings is 1. The van der Waals surface area contributed by atoms with Crippen LogP contribution < -0.4 is 20.1 Å². The molecule has 0 bridgehead atoms. The van der Waals surface area contributed by atoms with Gasteiger partial charge in [0.25, 0.3) is 5.91 Å². The normalized spacial score (nSPS) is 12.1. The van der Waals surface area contributed by atoms with Crippen LogP contribution >= 0.6 is 0 Å². The first-order valence-electron chi connectivity index (χ1n) is 9.59. The van der Waals surface area contributed by atoms with Gasteiger partial charge in [-0.3, -0.25) is 4.79 Å². The molecule has 1 atom stereocenters. The van der Waals surface area contributed by atoms with E-state index in [9.17, 15) is 14.9 Å². The number of rotatable bonds is 12. The predicted octanol–water partition coefficient (Wildman–Crippen LogP) is 2.25. The molecule has 0 fully saturated rings. The van der Waals surface area contributed by atoms with Crippen LogP contribution in [0.2, 0.25) is 0 Å². The second-order valence-electron chi connectivity index (χ2n) is 6.55. The fraction of sp³-hybridized carbons (Fsp3) is 0.476. The summed E-state index contributed by atoms with van der Waals surface area (Å²) in [4.78, 5) is 23.3. The number of nitrogens with one attached hydrogen (secondary N) is 2. The Morgan fingerprint density at radius 3 is 2.41 bits per heavy atom. The highest BCUT2D eigenvalue weighted by Crippen LogP contribution is 2.28. The maximum atomic E-state index is 12.1. The number of amides is 1. The van der Waals surface area contributed by atoms with Gasteiger partial charge < -0.3 is 25.2 Å². The lowest BCUT2D eigenvalue weighted by Crippen LogP contribution is -2.44. The highest BCUT2D eigenvalue weighted by molar-refractivity contribution is 5.99. The van der Waals surface area contributed by atoms with Gasteiger partial charge in [0.05, 0.1) is 13.2 Å². The first-order chi connectivity index (χ1) is 13.8. The molecule has 0 aliphatic heterocycles. The maximum absolute atomic E-state index is 12.1. The van der Waals surface area contributed by atoms with E-state index in [1.165, 1.54) is 6.20 Å². The Hall–Kier alpha value is -3.21. The summed E-state index contributed by atoms with van der Waals surface area (Å²) in [6.07, 6.45) is 1.93.